The van der Waals surface area contributed by atoms with Gasteiger partial charge in [-0.05, 0) is 54.2 Å². The molecule has 0 amide bonds. The Labute approximate surface area is 202 Å². The second-order valence-electron chi connectivity index (χ2n) is 8.19. The molecule has 3 atom stereocenters. The maximum Gasteiger partial charge on any atom is 0.137 e. The van der Waals surface area contributed by atoms with Crippen molar-refractivity contribution in [2.75, 3.05) is 18.1 Å². The largest absolute Gasteiger partial charge is 0.308 e. The van der Waals surface area contributed by atoms with Crippen molar-refractivity contribution in [1.29, 1.82) is 0 Å². The van der Waals surface area contributed by atoms with Gasteiger partial charge in [0.05, 0.1) is 22.5 Å². The molecule has 0 aromatic heterocycles. The highest BCUT2D eigenvalue weighted by Crippen LogP contribution is 2.40. The lowest BCUT2D eigenvalue weighted by molar-refractivity contribution is 0.284. The summed E-state index contributed by atoms with van der Waals surface area (Å²) in [4.78, 5) is 0.663. The highest BCUT2D eigenvalue weighted by atomic mass is 35.5. The van der Waals surface area contributed by atoms with E-state index in [0.29, 0.717) is 38.3 Å². The number of allylic oxidation sites excluding steroid dienone is 1. The first kappa shape index (κ1) is 21.2. The van der Waals surface area contributed by atoms with E-state index in [1.165, 1.54) is 0 Å². The molecule has 4 nitrogen and oxygen atoms in total. The Morgan fingerprint density at radius 3 is 2.55 bits per heavy atom. The van der Waals surface area contributed by atoms with E-state index >= 15 is 0 Å². The van der Waals surface area contributed by atoms with Gasteiger partial charge in [-0.2, -0.15) is 5.10 Å². The van der Waals surface area contributed by atoms with E-state index in [0.717, 1.165) is 36.5 Å². The molecule has 1 aliphatic carbocycles. The zero-order chi connectivity index (χ0) is 21.5. The summed E-state index contributed by atoms with van der Waals surface area (Å²) in [7, 11) is 0. The smallest absolute Gasteiger partial charge is 0.137 e. The number of hydrazone groups is 1. The molecule has 1 N–H and O–H groups in total. The number of nitrogens with one attached hydrogen (secondary N) is 1. The summed E-state index contributed by atoms with van der Waals surface area (Å²) < 4.78 is 0. The van der Waals surface area contributed by atoms with Gasteiger partial charge in [0, 0.05) is 29.6 Å². The summed E-state index contributed by atoms with van der Waals surface area (Å²) in [5.41, 5.74) is 6.16. The van der Waals surface area contributed by atoms with Crippen LogP contribution in [-0.2, 0) is 0 Å². The number of hydrazine groups is 1. The van der Waals surface area contributed by atoms with Gasteiger partial charge in [-0.1, -0.05) is 71.3 Å². The Bertz CT molecular complexity index is 1070. The van der Waals surface area contributed by atoms with Crippen LogP contribution < -0.4 is 10.4 Å². The Hall–Kier alpha value is -1.63. The lowest BCUT2D eigenvalue weighted by Crippen LogP contribution is -2.43. The van der Waals surface area contributed by atoms with Gasteiger partial charge < -0.3 is 5.43 Å². The normalized spacial score (nSPS) is 25.1. The van der Waals surface area contributed by atoms with Gasteiger partial charge in [-0.15, -0.1) is 0 Å². The molecule has 3 unspecified atom stereocenters. The van der Waals surface area contributed by atoms with E-state index in [-0.39, 0.29) is 6.04 Å². The monoisotopic (exact) mass is 490 g/mol. The van der Waals surface area contributed by atoms with Gasteiger partial charge in [-0.25, -0.2) is 5.01 Å². The maximum absolute atomic E-state index is 6.53. The summed E-state index contributed by atoms with van der Waals surface area (Å²) in [6, 6.07) is 13.2. The maximum atomic E-state index is 6.53. The van der Waals surface area contributed by atoms with E-state index in [1.54, 1.807) is 6.07 Å². The van der Waals surface area contributed by atoms with Gasteiger partial charge in [0.15, 0.2) is 0 Å². The van der Waals surface area contributed by atoms with Crippen molar-refractivity contribution in [3.05, 3.63) is 75.2 Å². The Kier molecular flexibility index (Phi) is 5.97. The number of anilines is 1. The van der Waals surface area contributed by atoms with E-state index in [1.807, 2.05) is 41.4 Å². The first-order valence-corrected chi connectivity index (χ1v) is 11.8. The number of hydrogen-bond donors (Lipinski definition) is 1. The average molecular weight is 492 g/mol. The van der Waals surface area contributed by atoms with Crippen LogP contribution in [0.15, 0.2) is 59.7 Å². The molecule has 0 bridgehead atoms. The third-order valence-electron chi connectivity index (χ3n) is 6.16. The lowest BCUT2D eigenvalue weighted by Gasteiger charge is -2.25. The predicted molar refractivity (Wildman–Crippen MR) is 133 cm³/mol. The molecule has 0 saturated carbocycles. The molecular weight excluding hydrogens is 471 g/mol. The molecule has 31 heavy (non-hydrogen) atoms. The molecule has 0 spiro atoms. The van der Waals surface area contributed by atoms with E-state index in [2.05, 4.69) is 22.6 Å². The fourth-order valence-corrected chi connectivity index (χ4v) is 5.45. The second-order valence-corrected chi connectivity index (χ2v) is 9.88. The number of halogens is 3. The van der Waals surface area contributed by atoms with Crippen LogP contribution in [0.4, 0.5) is 5.69 Å². The van der Waals surface area contributed by atoms with Crippen LogP contribution in [0.2, 0.25) is 15.1 Å². The van der Waals surface area contributed by atoms with Crippen LogP contribution in [0, 0.1) is 11.8 Å². The molecule has 1 saturated heterocycles. The predicted octanol–water partition coefficient (Wildman–Crippen LogP) is 6.29. The molecule has 3 aliphatic rings. The van der Waals surface area contributed by atoms with Crippen molar-refractivity contribution in [2.45, 2.75) is 18.9 Å². The first-order valence-electron chi connectivity index (χ1n) is 10.3. The second kappa shape index (κ2) is 8.72. The summed E-state index contributed by atoms with van der Waals surface area (Å²) in [6.45, 7) is 1.97. The van der Waals surface area contributed by atoms with Crippen molar-refractivity contribution in [3.63, 3.8) is 0 Å². The third kappa shape index (κ3) is 4.35. The third-order valence-corrected chi connectivity index (χ3v) is 7.27. The molecule has 2 aliphatic heterocycles. The molecule has 1 fully saturated rings. The minimum Gasteiger partial charge on any atom is -0.308 e. The molecule has 5 rings (SSSR count). The Morgan fingerprint density at radius 2 is 1.81 bits per heavy atom. The topological polar surface area (TPSA) is 30.9 Å². The Balaban J connectivity index is 1.40. The zero-order valence-electron chi connectivity index (χ0n) is 16.6. The molecule has 8 heteroatoms. The number of fused-ring (bicyclic) bond motifs is 1. The van der Waals surface area contributed by atoms with Gasteiger partial charge in [0.1, 0.15) is 4.99 Å². The fraction of sp³-hybridized carbons (Fsp3) is 0.304. The summed E-state index contributed by atoms with van der Waals surface area (Å²) in [6.07, 6.45) is 6.44. The minimum atomic E-state index is -0.0356. The number of nitrogens with zero attached hydrogens (tertiary/aromatic N) is 3. The SMILES string of the molecule is S=C(NN1CC2C=CCC2C1)C1=NN(c2ccc(Cl)cc2Cl)C(c2ccc(Cl)cc2)C1. The number of rotatable bonds is 4. The Morgan fingerprint density at radius 1 is 1.03 bits per heavy atom. The van der Waals surface area contributed by atoms with Crippen molar-refractivity contribution in [1.82, 2.24) is 10.4 Å². The van der Waals surface area contributed by atoms with Crippen molar-refractivity contribution < 1.29 is 0 Å². The van der Waals surface area contributed by atoms with Gasteiger partial charge in [0.25, 0.3) is 0 Å². The van der Waals surface area contributed by atoms with Crippen LogP contribution in [0.5, 0.6) is 0 Å². The van der Waals surface area contributed by atoms with E-state index < -0.39 is 0 Å². The quantitative estimate of drug-likeness (QED) is 0.402. The van der Waals surface area contributed by atoms with Crippen molar-refractivity contribution in [2.24, 2.45) is 16.9 Å². The molecule has 2 aromatic carbocycles. The molecule has 0 radical (unpaired) electrons. The summed E-state index contributed by atoms with van der Waals surface area (Å²) in [5.74, 6) is 1.30. The number of thiocarbonyl (C=S) groups is 1. The lowest BCUT2D eigenvalue weighted by atomic mass is 10.0. The van der Waals surface area contributed by atoms with Gasteiger partial charge in [-0.3, -0.25) is 5.01 Å². The van der Waals surface area contributed by atoms with Crippen LogP contribution >= 0.6 is 47.0 Å². The van der Waals surface area contributed by atoms with Gasteiger partial charge >= 0.3 is 0 Å². The van der Waals surface area contributed by atoms with Crippen LogP contribution in [0.1, 0.15) is 24.4 Å². The average Bonchev–Trinajstić information content (AvgIpc) is 3.43. The van der Waals surface area contributed by atoms with Crippen molar-refractivity contribution in [3.8, 4) is 0 Å². The molecule has 160 valence electrons. The highest BCUT2D eigenvalue weighted by Gasteiger charge is 2.36. The van der Waals surface area contributed by atoms with E-state index in [9.17, 15) is 0 Å². The minimum absolute atomic E-state index is 0.0356. The summed E-state index contributed by atoms with van der Waals surface area (Å²) >= 11 is 24.5. The molecule has 2 aromatic rings. The van der Waals surface area contributed by atoms with Crippen LogP contribution in [-0.4, -0.2) is 28.8 Å². The van der Waals surface area contributed by atoms with Gasteiger partial charge in [0.2, 0.25) is 0 Å². The van der Waals surface area contributed by atoms with Crippen LogP contribution in [0.25, 0.3) is 0 Å². The molecule has 2 heterocycles. The van der Waals surface area contributed by atoms with Crippen LogP contribution in [0.3, 0.4) is 0 Å². The van der Waals surface area contributed by atoms with E-state index in [4.69, 9.17) is 52.1 Å². The first-order chi connectivity index (χ1) is 15.0. The highest BCUT2D eigenvalue weighted by molar-refractivity contribution is 7.82. The number of benzene rings is 2. The fourth-order valence-electron chi connectivity index (χ4n) is 4.57. The zero-order valence-corrected chi connectivity index (χ0v) is 19.7. The number of hydrogen-bond acceptors (Lipinski definition) is 4. The summed E-state index contributed by atoms with van der Waals surface area (Å²) in [5, 5.41) is 10.9. The standard InChI is InChI=1S/C23H21Cl3N4S/c24-17-6-4-14(5-7-17)22-11-20(27-30(22)21-9-8-18(25)10-19(21)26)23(31)28-29-12-15-2-1-3-16(15)13-29/h1-2,4-10,15-16,22H,3,11-13H2,(H,28,31). The molecular formula is C23H21Cl3N4S. The van der Waals surface area contributed by atoms with Crippen molar-refractivity contribution >= 4 is 63.4 Å².